The van der Waals surface area contributed by atoms with Gasteiger partial charge < -0.3 is 20.3 Å². The summed E-state index contributed by atoms with van der Waals surface area (Å²) in [6, 6.07) is 7.14. The van der Waals surface area contributed by atoms with Crippen molar-refractivity contribution < 1.29 is 14.1 Å². The van der Waals surface area contributed by atoms with E-state index in [-0.39, 0.29) is 17.9 Å². The van der Waals surface area contributed by atoms with E-state index in [1.807, 2.05) is 24.3 Å². The molecule has 0 radical (unpaired) electrons. The number of hydrogen-bond donors (Lipinski definition) is 3. The van der Waals surface area contributed by atoms with Gasteiger partial charge >= 0.3 is 0 Å². The lowest BCUT2D eigenvalue weighted by Gasteiger charge is -2.10. The van der Waals surface area contributed by atoms with Crippen molar-refractivity contribution in [1.29, 1.82) is 0 Å². The van der Waals surface area contributed by atoms with Crippen LogP contribution in [-0.2, 0) is 11.2 Å². The SMILES string of the molecule is COc1ccccc1-c1noc(CCCC(=O)N[C@H](C)c2nc(N)n[nH]2)n1. The number of nitrogens with two attached hydrogens (primary N) is 1. The van der Waals surface area contributed by atoms with E-state index in [4.69, 9.17) is 15.0 Å². The van der Waals surface area contributed by atoms with E-state index < -0.39 is 0 Å². The molecule has 0 unspecified atom stereocenters. The number of carbonyl (C=O) groups excluding carboxylic acids is 1. The summed E-state index contributed by atoms with van der Waals surface area (Å²) in [6.07, 6.45) is 1.39. The molecule has 1 amide bonds. The van der Waals surface area contributed by atoms with Crippen LogP contribution in [0.3, 0.4) is 0 Å². The summed E-state index contributed by atoms with van der Waals surface area (Å²) in [7, 11) is 1.59. The van der Waals surface area contributed by atoms with E-state index in [1.54, 1.807) is 14.0 Å². The first kappa shape index (κ1) is 18.4. The number of aromatic nitrogens is 5. The van der Waals surface area contributed by atoms with Crippen LogP contribution in [0.4, 0.5) is 5.95 Å². The largest absolute Gasteiger partial charge is 0.496 e. The number of nitrogens with zero attached hydrogens (tertiary/aromatic N) is 4. The number of anilines is 1. The molecule has 3 aromatic rings. The fourth-order valence-corrected chi connectivity index (χ4v) is 2.56. The zero-order chi connectivity index (χ0) is 19.2. The highest BCUT2D eigenvalue weighted by molar-refractivity contribution is 5.76. The summed E-state index contributed by atoms with van der Waals surface area (Å²) in [4.78, 5) is 20.4. The minimum atomic E-state index is -0.303. The molecule has 0 saturated heterocycles. The number of H-pyrrole nitrogens is 1. The third-order valence-corrected chi connectivity index (χ3v) is 3.92. The first-order valence-corrected chi connectivity index (χ1v) is 8.50. The van der Waals surface area contributed by atoms with Gasteiger partial charge in [-0.2, -0.15) is 9.97 Å². The van der Waals surface area contributed by atoms with Crippen LogP contribution >= 0.6 is 0 Å². The minimum Gasteiger partial charge on any atom is -0.496 e. The molecule has 0 fully saturated rings. The second-order valence-electron chi connectivity index (χ2n) is 5.93. The van der Waals surface area contributed by atoms with Crippen molar-refractivity contribution in [2.75, 3.05) is 12.8 Å². The molecule has 10 heteroatoms. The molecule has 2 aromatic heterocycles. The van der Waals surface area contributed by atoms with Gasteiger partial charge in [0.1, 0.15) is 11.6 Å². The number of hydrogen-bond acceptors (Lipinski definition) is 8. The Morgan fingerprint density at radius 3 is 2.93 bits per heavy atom. The quantitative estimate of drug-likeness (QED) is 0.542. The molecule has 10 nitrogen and oxygen atoms in total. The van der Waals surface area contributed by atoms with Gasteiger partial charge in [0.25, 0.3) is 0 Å². The Hall–Kier alpha value is -3.43. The number of aromatic amines is 1. The summed E-state index contributed by atoms with van der Waals surface area (Å²) >= 11 is 0. The van der Waals surface area contributed by atoms with Crippen molar-refractivity contribution >= 4 is 11.9 Å². The van der Waals surface area contributed by atoms with Crippen LogP contribution in [0.1, 0.15) is 37.5 Å². The van der Waals surface area contributed by atoms with E-state index in [2.05, 4.69) is 30.6 Å². The lowest BCUT2D eigenvalue weighted by atomic mass is 10.2. The molecule has 0 saturated carbocycles. The zero-order valence-corrected chi connectivity index (χ0v) is 15.1. The van der Waals surface area contributed by atoms with E-state index in [0.29, 0.717) is 42.6 Å². The van der Waals surface area contributed by atoms with Gasteiger partial charge in [-0.25, -0.2) is 0 Å². The Kier molecular flexibility index (Phi) is 5.64. The molecule has 0 aliphatic heterocycles. The summed E-state index contributed by atoms with van der Waals surface area (Å²) in [5, 5.41) is 13.2. The zero-order valence-electron chi connectivity index (χ0n) is 15.1. The number of carbonyl (C=O) groups is 1. The smallest absolute Gasteiger partial charge is 0.239 e. The molecule has 2 heterocycles. The van der Waals surface area contributed by atoms with Crippen molar-refractivity contribution in [3.63, 3.8) is 0 Å². The molecule has 3 rings (SSSR count). The second-order valence-corrected chi connectivity index (χ2v) is 5.93. The molecule has 0 aliphatic carbocycles. The Balaban J connectivity index is 1.49. The number of nitrogen functional groups attached to an aromatic ring is 1. The average molecular weight is 371 g/mol. The highest BCUT2D eigenvalue weighted by Gasteiger charge is 2.15. The van der Waals surface area contributed by atoms with Gasteiger partial charge in [0.15, 0.2) is 0 Å². The maximum Gasteiger partial charge on any atom is 0.239 e. The van der Waals surface area contributed by atoms with Crippen molar-refractivity contribution in [1.82, 2.24) is 30.6 Å². The first-order chi connectivity index (χ1) is 13.1. The molecule has 4 N–H and O–H groups in total. The standard InChI is InChI=1S/C17H21N7O3/c1-10(15-21-17(18)23-22-15)19-13(25)8-5-9-14-20-16(24-27-14)11-6-3-4-7-12(11)26-2/h3-4,6-7,10H,5,8-9H2,1-2H3,(H,19,25)(H3,18,21,22,23)/t10-/m1/s1. The third kappa shape index (κ3) is 4.60. The molecule has 142 valence electrons. The molecular weight excluding hydrogens is 350 g/mol. The van der Waals surface area contributed by atoms with Crippen molar-refractivity contribution in [2.45, 2.75) is 32.2 Å². The van der Waals surface area contributed by atoms with Crippen molar-refractivity contribution in [3.8, 4) is 17.1 Å². The normalized spacial score (nSPS) is 11.9. The molecule has 1 aromatic carbocycles. The maximum atomic E-state index is 12.0. The van der Waals surface area contributed by atoms with E-state index in [9.17, 15) is 4.79 Å². The summed E-state index contributed by atoms with van der Waals surface area (Å²) < 4.78 is 10.6. The highest BCUT2D eigenvalue weighted by Crippen LogP contribution is 2.27. The van der Waals surface area contributed by atoms with Crippen LogP contribution in [0.25, 0.3) is 11.4 Å². The molecule has 0 aliphatic rings. The molecule has 1 atom stereocenters. The number of aryl methyl sites for hydroxylation is 1. The summed E-state index contributed by atoms with van der Waals surface area (Å²) in [6.45, 7) is 1.80. The predicted molar refractivity (Wildman–Crippen MR) is 96.6 cm³/mol. The number of methoxy groups -OCH3 is 1. The van der Waals surface area contributed by atoms with Gasteiger partial charge in [-0.3, -0.25) is 9.89 Å². The monoisotopic (exact) mass is 371 g/mol. The Morgan fingerprint density at radius 1 is 1.37 bits per heavy atom. The summed E-state index contributed by atoms with van der Waals surface area (Å²) in [5.41, 5.74) is 6.21. The molecule has 0 bridgehead atoms. The van der Waals surface area contributed by atoms with Gasteiger partial charge in [0, 0.05) is 12.8 Å². The maximum absolute atomic E-state index is 12.0. The van der Waals surface area contributed by atoms with Gasteiger partial charge in [0.2, 0.25) is 23.6 Å². The first-order valence-electron chi connectivity index (χ1n) is 8.50. The summed E-state index contributed by atoms with van der Waals surface area (Å²) in [5.74, 6) is 2.16. The fourth-order valence-electron chi connectivity index (χ4n) is 2.56. The minimum absolute atomic E-state index is 0.109. The Labute approximate surface area is 155 Å². The second kappa shape index (κ2) is 8.30. The predicted octanol–water partition coefficient (Wildman–Crippen LogP) is 1.65. The van der Waals surface area contributed by atoms with Crippen LogP contribution in [0.5, 0.6) is 5.75 Å². The van der Waals surface area contributed by atoms with Crippen LogP contribution < -0.4 is 15.8 Å². The van der Waals surface area contributed by atoms with Gasteiger partial charge in [-0.05, 0) is 25.5 Å². The number of nitrogens with one attached hydrogen (secondary N) is 2. The van der Waals surface area contributed by atoms with Crippen LogP contribution in [-0.4, -0.2) is 38.3 Å². The number of ether oxygens (including phenoxy) is 1. The third-order valence-electron chi connectivity index (χ3n) is 3.92. The fraction of sp³-hybridized carbons (Fsp3) is 0.353. The molecule has 27 heavy (non-hydrogen) atoms. The number of amides is 1. The van der Waals surface area contributed by atoms with E-state index in [1.165, 1.54) is 0 Å². The van der Waals surface area contributed by atoms with Crippen molar-refractivity contribution in [2.24, 2.45) is 0 Å². The lowest BCUT2D eigenvalue weighted by Crippen LogP contribution is -2.27. The van der Waals surface area contributed by atoms with E-state index in [0.717, 1.165) is 5.56 Å². The lowest BCUT2D eigenvalue weighted by molar-refractivity contribution is -0.121. The van der Waals surface area contributed by atoms with Crippen LogP contribution in [0.15, 0.2) is 28.8 Å². The molecule has 0 spiro atoms. The number of para-hydroxylation sites is 1. The van der Waals surface area contributed by atoms with Crippen LogP contribution in [0.2, 0.25) is 0 Å². The Morgan fingerprint density at radius 2 is 2.19 bits per heavy atom. The van der Waals surface area contributed by atoms with Crippen molar-refractivity contribution in [3.05, 3.63) is 36.0 Å². The average Bonchev–Trinajstić information content (AvgIpc) is 3.31. The van der Waals surface area contributed by atoms with Gasteiger partial charge in [-0.1, -0.05) is 17.3 Å². The van der Waals surface area contributed by atoms with Gasteiger partial charge in [0.05, 0.1) is 18.7 Å². The highest BCUT2D eigenvalue weighted by atomic mass is 16.5. The van der Waals surface area contributed by atoms with Gasteiger partial charge in [-0.15, -0.1) is 5.10 Å². The van der Waals surface area contributed by atoms with Crippen LogP contribution in [0, 0.1) is 0 Å². The topological polar surface area (TPSA) is 145 Å². The van der Waals surface area contributed by atoms with E-state index >= 15 is 0 Å². The molecular formula is C17H21N7O3. The number of rotatable bonds is 8. The number of benzene rings is 1. The Bertz CT molecular complexity index is 905.